The van der Waals surface area contributed by atoms with E-state index in [0.717, 1.165) is 37.1 Å². The predicted molar refractivity (Wildman–Crippen MR) is 113 cm³/mol. The van der Waals surface area contributed by atoms with Gasteiger partial charge in [0.1, 0.15) is 5.82 Å². The number of nitrogens with zero attached hydrogens (tertiary/aromatic N) is 2. The van der Waals surface area contributed by atoms with Crippen LogP contribution in [-0.2, 0) is 14.8 Å². The first-order valence-electron chi connectivity index (χ1n) is 10.2. The van der Waals surface area contributed by atoms with Crippen LogP contribution in [0.1, 0.15) is 37.3 Å². The lowest BCUT2D eigenvalue weighted by Gasteiger charge is -2.34. The maximum atomic E-state index is 13.4. The first kappa shape index (κ1) is 21.3. The van der Waals surface area contributed by atoms with Crippen LogP contribution < -0.4 is 0 Å². The number of sulfonamides is 1. The molecule has 0 N–H and O–H groups in total. The Balaban J connectivity index is 1.42. The van der Waals surface area contributed by atoms with Crippen LogP contribution in [0.2, 0.25) is 5.02 Å². The molecule has 8 heteroatoms. The molecule has 4 rings (SSSR count). The number of piperidine rings is 1. The quantitative estimate of drug-likeness (QED) is 0.699. The van der Waals surface area contributed by atoms with E-state index in [4.69, 9.17) is 11.6 Å². The molecule has 0 unspecified atom stereocenters. The molecule has 5 nitrogen and oxygen atoms in total. The Morgan fingerprint density at radius 2 is 1.70 bits per heavy atom. The normalized spacial score (nSPS) is 21.1. The predicted octanol–water partition coefficient (Wildman–Crippen LogP) is 4.24. The summed E-state index contributed by atoms with van der Waals surface area (Å²) in [7, 11) is -3.77. The fraction of sp³-hybridized carbons (Fsp3) is 0.409. The number of carbonyl (C=O) groups is 1. The Labute approximate surface area is 181 Å². The monoisotopic (exact) mass is 450 g/mol. The molecule has 2 heterocycles. The van der Waals surface area contributed by atoms with Crippen molar-refractivity contribution in [3.8, 4) is 0 Å². The Bertz CT molecular complexity index is 1020. The van der Waals surface area contributed by atoms with Crippen LogP contribution in [-0.4, -0.2) is 43.2 Å². The molecule has 2 aromatic rings. The number of hydrogen-bond donors (Lipinski definition) is 0. The molecule has 0 aliphatic carbocycles. The summed E-state index contributed by atoms with van der Waals surface area (Å²) in [5.74, 6) is -0.723. The molecule has 30 heavy (non-hydrogen) atoms. The highest BCUT2D eigenvalue weighted by atomic mass is 35.5. The van der Waals surface area contributed by atoms with Gasteiger partial charge in [0.2, 0.25) is 15.9 Å². The van der Waals surface area contributed by atoms with Crippen molar-refractivity contribution < 1.29 is 17.6 Å². The number of benzene rings is 2. The highest BCUT2D eigenvalue weighted by molar-refractivity contribution is 7.89. The van der Waals surface area contributed by atoms with Crippen LogP contribution in [0.15, 0.2) is 53.4 Å². The van der Waals surface area contributed by atoms with E-state index in [9.17, 15) is 17.6 Å². The highest BCUT2D eigenvalue weighted by Crippen LogP contribution is 2.35. The zero-order valence-electron chi connectivity index (χ0n) is 16.5. The summed E-state index contributed by atoms with van der Waals surface area (Å²) in [6, 6.07) is 13.6. The van der Waals surface area contributed by atoms with Crippen molar-refractivity contribution in [2.45, 2.75) is 36.6 Å². The van der Waals surface area contributed by atoms with E-state index >= 15 is 0 Å². The molecule has 2 aliphatic rings. The summed E-state index contributed by atoms with van der Waals surface area (Å²) in [4.78, 5) is 15.1. The number of likely N-dealkylation sites (tertiary alicyclic amines) is 1. The zero-order chi connectivity index (χ0) is 21.3. The summed E-state index contributed by atoms with van der Waals surface area (Å²) in [5.41, 5.74) is 1.15. The third kappa shape index (κ3) is 4.11. The summed E-state index contributed by atoms with van der Waals surface area (Å²) in [6.45, 7) is 1.26. The van der Waals surface area contributed by atoms with E-state index in [-0.39, 0.29) is 40.9 Å². The second-order valence-corrected chi connectivity index (χ2v) is 10.2. The summed E-state index contributed by atoms with van der Waals surface area (Å²) in [5, 5.41) is -0.220. The van der Waals surface area contributed by atoms with Crippen LogP contribution in [0.5, 0.6) is 0 Å². The number of carbonyl (C=O) groups excluding carboxylic acids is 1. The van der Waals surface area contributed by atoms with E-state index in [2.05, 4.69) is 12.1 Å². The zero-order valence-corrected chi connectivity index (χ0v) is 18.1. The van der Waals surface area contributed by atoms with Gasteiger partial charge in [0.25, 0.3) is 0 Å². The first-order valence-corrected chi connectivity index (χ1v) is 12.0. The number of rotatable bonds is 4. The Hall–Kier alpha value is -1.96. The maximum absolute atomic E-state index is 13.4. The molecule has 0 radical (unpaired) electrons. The Morgan fingerprint density at radius 1 is 1.00 bits per heavy atom. The van der Waals surface area contributed by atoms with Crippen molar-refractivity contribution in [1.29, 1.82) is 0 Å². The lowest BCUT2D eigenvalue weighted by atomic mass is 9.95. The lowest BCUT2D eigenvalue weighted by molar-refractivity contribution is -0.137. The van der Waals surface area contributed by atoms with E-state index < -0.39 is 15.8 Å². The molecule has 160 valence electrons. The molecule has 0 spiro atoms. The highest BCUT2D eigenvalue weighted by Gasteiger charge is 2.37. The number of halogens is 2. The average Bonchev–Trinajstić information content (AvgIpc) is 3.25. The van der Waals surface area contributed by atoms with E-state index in [1.807, 2.05) is 23.1 Å². The number of amides is 1. The minimum Gasteiger partial charge on any atom is -0.335 e. The third-order valence-corrected chi connectivity index (χ3v) is 8.24. The van der Waals surface area contributed by atoms with Gasteiger partial charge in [-0.15, -0.1) is 0 Å². The molecule has 0 bridgehead atoms. The van der Waals surface area contributed by atoms with Gasteiger partial charge in [-0.3, -0.25) is 4.79 Å². The van der Waals surface area contributed by atoms with Crippen molar-refractivity contribution in [3.63, 3.8) is 0 Å². The summed E-state index contributed by atoms with van der Waals surface area (Å²) in [6.07, 6.45) is 2.88. The van der Waals surface area contributed by atoms with Gasteiger partial charge in [0, 0.05) is 25.6 Å². The van der Waals surface area contributed by atoms with Gasteiger partial charge in [-0.1, -0.05) is 41.9 Å². The molecule has 0 saturated carbocycles. The van der Waals surface area contributed by atoms with Crippen LogP contribution >= 0.6 is 11.6 Å². The molecule has 2 saturated heterocycles. The van der Waals surface area contributed by atoms with Crippen molar-refractivity contribution >= 4 is 27.5 Å². The van der Waals surface area contributed by atoms with Gasteiger partial charge in [0.05, 0.1) is 16.0 Å². The Kier molecular flexibility index (Phi) is 6.14. The summed E-state index contributed by atoms with van der Waals surface area (Å²) >= 11 is 5.75. The van der Waals surface area contributed by atoms with Crippen molar-refractivity contribution in [3.05, 3.63) is 64.9 Å². The van der Waals surface area contributed by atoms with Gasteiger partial charge < -0.3 is 4.90 Å². The van der Waals surface area contributed by atoms with Gasteiger partial charge in [-0.2, -0.15) is 4.31 Å². The van der Waals surface area contributed by atoms with E-state index in [0.29, 0.717) is 12.8 Å². The second-order valence-electron chi connectivity index (χ2n) is 7.85. The summed E-state index contributed by atoms with van der Waals surface area (Å²) < 4.78 is 40.5. The molecule has 2 aromatic carbocycles. The topological polar surface area (TPSA) is 57.7 Å². The van der Waals surface area contributed by atoms with Crippen molar-refractivity contribution in [2.24, 2.45) is 5.92 Å². The van der Waals surface area contributed by atoms with Crippen molar-refractivity contribution in [2.75, 3.05) is 19.6 Å². The van der Waals surface area contributed by atoms with Gasteiger partial charge in [-0.25, -0.2) is 12.8 Å². The molecule has 0 aromatic heterocycles. The molecular weight excluding hydrogens is 427 g/mol. The van der Waals surface area contributed by atoms with Crippen molar-refractivity contribution in [1.82, 2.24) is 9.21 Å². The van der Waals surface area contributed by atoms with E-state index in [1.165, 1.54) is 10.4 Å². The van der Waals surface area contributed by atoms with Crippen LogP contribution in [0.4, 0.5) is 4.39 Å². The maximum Gasteiger partial charge on any atom is 0.243 e. The molecule has 1 atom stereocenters. The van der Waals surface area contributed by atoms with Crippen LogP contribution in [0.3, 0.4) is 0 Å². The fourth-order valence-corrected chi connectivity index (χ4v) is 6.16. The largest absolute Gasteiger partial charge is 0.335 e. The first-order chi connectivity index (χ1) is 14.4. The molecule has 2 aliphatic heterocycles. The minimum atomic E-state index is -3.77. The lowest BCUT2D eigenvalue weighted by Crippen LogP contribution is -2.44. The third-order valence-electron chi connectivity index (χ3n) is 6.05. The smallest absolute Gasteiger partial charge is 0.243 e. The Morgan fingerprint density at radius 3 is 2.37 bits per heavy atom. The molecule has 2 fully saturated rings. The van der Waals surface area contributed by atoms with Gasteiger partial charge in [-0.05, 0) is 49.4 Å². The number of hydrogen-bond acceptors (Lipinski definition) is 3. The van der Waals surface area contributed by atoms with Gasteiger partial charge in [0.15, 0.2) is 0 Å². The molecular formula is C22H24ClFN2O3S. The molecule has 1 amide bonds. The van der Waals surface area contributed by atoms with Crippen LogP contribution in [0, 0.1) is 11.7 Å². The second kappa shape index (κ2) is 8.65. The van der Waals surface area contributed by atoms with E-state index in [1.54, 1.807) is 0 Å². The SMILES string of the molecule is O=C(C1CCN(S(=O)(=O)c2ccc(F)c(Cl)c2)CC1)N1CCC[C@H]1c1ccccc1. The van der Waals surface area contributed by atoms with Crippen LogP contribution in [0.25, 0.3) is 0 Å². The minimum absolute atomic E-state index is 0.0256. The standard InChI is InChI=1S/C22H24ClFN2O3S/c23-19-15-18(8-9-20(19)24)30(28,29)25-13-10-17(11-14-25)22(27)26-12-4-7-21(26)16-5-2-1-3-6-16/h1-3,5-6,8-9,15,17,21H,4,7,10-14H2/t21-/m0/s1. The van der Waals surface area contributed by atoms with Gasteiger partial charge >= 0.3 is 0 Å². The fourth-order valence-electron chi connectivity index (χ4n) is 4.42. The average molecular weight is 451 g/mol.